The van der Waals surface area contributed by atoms with Crippen molar-refractivity contribution < 1.29 is 39.3 Å². The molecule has 11 heteroatoms. The van der Waals surface area contributed by atoms with Gasteiger partial charge in [0.15, 0.2) is 11.9 Å². The van der Waals surface area contributed by atoms with Crippen molar-refractivity contribution in [3.05, 3.63) is 0 Å². The first kappa shape index (κ1) is 20.5. The summed E-state index contributed by atoms with van der Waals surface area (Å²) in [6.45, 7) is -0.940. The van der Waals surface area contributed by atoms with E-state index in [1.807, 2.05) is 0 Å². The van der Waals surface area contributed by atoms with E-state index in [0.717, 1.165) is 0 Å². The third kappa shape index (κ3) is 31.5. The number of hydrogen-bond acceptors (Lipinski definition) is 6. The first-order valence-corrected chi connectivity index (χ1v) is 3.76. The van der Waals surface area contributed by atoms with Crippen molar-refractivity contribution in [3.63, 3.8) is 0 Å². The van der Waals surface area contributed by atoms with E-state index >= 15 is 0 Å². The van der Waals surface area contributed by atoms with Crippen LogP contribution in [0.3, 0.4) is 0 Å². The zero-order valence-electron chi connectivity index (χ0n) is 8.96. The average Bonchev–Trinajstić information content (AvgIpc) is 2.12. The zero-order valence-corrected chi connectivity index (χ0v) is 11.9. The van der Waals surface area contributed by atoms with Crippen LogP contribution in [0.15, 0.2) is 9.98 Å². The van der Waals surface area contributed by atoms with Gasteiger partial charge in [0.1, 0.15) is 0 Å². The van der Waals surface area contributed by atoms with Gasteiger partial charge < -0.3 is 42.7 Å². The fourth-order valence-electron chi connectivity index (χ4n) is 0.312. The van der Waals surface area contributed by atoms with Crippen LogP contribution in [0.5, 0.6) is 0 Å². The minimum atomic E-state index is -1.29. The zero-order chi connectivity index (χ0) is 13.1. The largest absolute Gasteiger partial charge is 2.00 e. The Morgan fingerprint density at radius 2 is 1.06 bits per heavy atom. The summed E-state index contributed by atoms with van der Waals surface area (Å²) in [4.78, 5) is 25.4. The summed E-state index contributed by atoms with van der Waals surface area (Å²) in [6.07, 6.45) is 0. The quantitative estimate of drug-likeness (QED) is 0.222. The van der Waals surface area contributed by atoms with Crippen LogP contribution in [-0.2, 0) is 29.1 Å². The molecule has 0 radical (unpaired) electrons. The molecule has 17 heavy (non-hydrogen) atoms. The Balaban J connectivity index is -0.000000218. The monoisotopic (exact) mass is 296 g/mol. The summed E-state index contributed by atoms with van der Waals surface area (Å²) >= 11 is 0. The molecular weight excluding hydrogens is 285 g/mol. The van der Waals surface area contributed by atoms with Gasteiger partial charge >= 0.3 is 19.5 Å². The predicted molar refractivity (Wildman–Crippen MR) is 51.4 cm³/mol. The Kier molecular flexibility index (Phi) is 14.7. The van der Waals surface area contributed by atoms with Crippen molar-refractivity contribution in [3.8, 4) is 0 Å². The maximum absolute atomic E-state index is 9.57. The molecule has 0 unspecified atom stereocenters. The first-order valence-electron chi connectivity index (χ1n) is 3.76. The van der Waals surface area contributed by atoms with Gasteiger partial charge in [0.05, 0.1) is 25.0 Å². The Morgan fingerprint density at radius 3 is 1.12 bits per heavy atom. The maximum atomic E-state index is 9.57. The number of carboxylic acid groups (broad SMARTS) is 2. The van der Waals surface area contributed by atoms with Crippen LogP contribution < -0.4 is 33.1 Å². The van der Waals surface area contributed by atoms with Crippen LogP contribution in [0.1, 0.15) is 0 Å². The smallest absolute Gasteiger partial charge is 0.548 e. The van der Waals surface area contributed by atoms with Gasteiger partial charge in [-0.25, -0.2) is 9.98 Å². The fraction of sp³-hybridized carbons (Fsp3) is 0.333. The molecule has 0 atom stereocenters. The van der Waals surface area contributed by atoms with Crippen LogP contribution in [0.4, 0.5) is 0 Å². The summed E-state index contributed by atoms with van der Waals surface area (Å²) in [5.41, 5.74) is 19.1. The molecule has 0 aromatic rings. The summed E-state index contributed by atoms with van der Waals surface area (Å²) in [5.74, 6) is -3.07. The van der Waals surface area contributed by atoms with Crippen LogP contribution in [-0.4, -0.2) is 36.9 Å². The first-order chi connectivity index (χ1) is 7.25. The molecule has 0 aliphatic carbocycles. The van der Waals surface area contributed by atoms with Gasteiger partial charge in [0, 0.05) is 0 Å². The second-order valence-corrected chi connectivity index (χ2v) is 2.23. The number of aliphatic carboxylic acids is 2. The minimum Gasteiger partial charge on any atom is -0.548 e. The second kappa shape index (κ2) is 12.2. The van der Waals surface area contributed by atoms with Crippen molar-refractivity contribution in [2.75, 3.05) is 13.1 Å². The fourth-order valence-corrected chi connectivity index (χ4v) is 0.312. The van der Waals surface area contributed by atoms with Gasteiger partial charge in [-0.2, -0.15) is 0 Å². The van der Waals surface area contributed by atoms with Crippen LogP contribution >= 0.6 is 0 Å². The molecule has 0 aliphatic rings. The van der Waals surface area contributed by atoms with Gasteiger partial charge in [-0.05, 0) is 0 Å². The van der Waals surface area contributed by atoms with E-state index in [9.17, 15) is 19.8 Å². The summed E-state index contributed by atoms with van der Waals surface area (Å²) in [6, 6.07) is 0. The number of guanidine groups is 2. The summed E-state index contributed by atoms with van der Waals surface area (Å²) < 4.78 is 0. The molecular formula is C6H12N6O4Zn. The predicted octanol–water partition coefficient (Wildman–Crippen LogP) is -5.98. The molecule has 0 heterocycles. The topological polar surface area (TPSA) is 209 Å². The number of carboxylic acids is 2. The molecule has 0 fully saturated rings. The minimum absolute atomic E-state index is 0. The van der Waals surface area contributed by atoms with Gasteiger partial charge in [-0.1, -0.05) is 0 Å². The molecule has 0 saturated heterocycles. The van der Waals surface area contributed by atoms with Crippen LogP contribution in [0.25, 0.3) is 0 Å². The third-order valence-electron chi connectivity index (χ3n) is 0.781. The number of carbonyl (C=O) groups excluding carboxylic acids is 2. The number of hydrogen-bond donors (Lipinski definition) is 4. The molecule has 0 bridgehead atoms. The number of rotatable bonds is 4. The van der Waals surface area contributed by atoms with Gasteiger partial charge in [0.25, 0.3) is 0 Å². The van der Waals surface area contributed by atoms with Crippen molar-refractivity contribution in [2.24, 2.45) is 32.9 Å². The standard InChI is InChI=1S/2C3H7N3O2.Zn/c2*4-3(5)6-1-2(7)8;/h2*1H2,(H,7,8)(H4,4,5,6);/q;;+2/p-2. The van der Waals surface area contributed by atoms with Gasteiger partial charge in [-0.3, -0.25) is 0 Å². The molecule has 0 aromatic carbocycles. The summed E-state index contributed by atoms with van der Waals surface area (Å²) in [5, 5.41) is 19.1. The molecule has 8 N–H and O–H groups in total. The Hall–Kier alpha value is -1.90. The average molecular weight is 298 g/mol. The van der Waals surface area contributed by atoms with Crippen molar-refractivity contribution in [1.29, 1.82) is 0 Å². The van der Waals surface area contributed by atoms with E-state index in [4.69, 9.17) is 22.9 Å². The molecule has 0 amide bonds. The Bertz CT molecular complexity index is 267. The normalized spacial score (nSPS) is 7.53. The maximum Gasteiger partial charge on any atom is 2.00 e. The van der Waals surface area contributed by atoms with E-state index in [2.05, 4.69) is 9.98 Å². The molecule has 92 valence electrons. The number of nitrogens with two attached hydrogens (primary N) is 4. The van der Waals surface area contributed by atoms with Crippen LogP contribution in [0.2, 0.25) is 0 Å². The van der Waals surface area contributed by atoms with E-state index in [1.165, 1.54) is 0 Å². The Morgan fingerprint density at radius 1 is 0.824 bits per heavy atom. The molecule has 0 aliphatic heterocycles. The van der Waals surface area contributed by atoms with Crippen molar-refractivity contribution in [2.45, 2.75) is 0 Å². The molecule has 0 spiro atoms. The third-order valence-corrected chi connectivity index (χ3v) is 0.781. The van der Waals surface area contributed by atoms with E-state index < -0.39 is 25.0 Å². The van der Waals surface area contributed by atoms with Crippen molar-refractivity contribution in [1.82, 2.24) is 0 Å². The summed E-state index contributed by atoms with van der Waals surface area (Å²) in [7, 11) is 0. The second-order valence-electron chi connectivity index (χ2n) is 2.23. The van der Waals surface area contributed by atoms with E-state index in [0.29, 0.717) is 0 Å². The number of nitrogens with zero attached hydrogens (tertiary/aromatic N) is 2. The van der Waals surface area contributed by atoms with Gasteiger partial charge in [0.2, 0.25) is 0 Å². The number of aliphatic imine (C=N–C) groups is 2. The molecule has 0 saturated carbocycles. The Labute approximate surface area is 110 Å². The van der Waals surface area contributed by atoms with E-state index in [1.54, 1.807) is 0 Å². The van der Waals surface area contributed by atoms with Crippen molar-refractivity contribution >= 4 is 23.9 Å². The molecule has 0 rings (SSSR count). The van der Waals surface area contributed by atoms with Gasteiger partial charge in [-0.15, -0.1) is 0 Å². The molecule has 0 aromatic heterocycles. The van der Waals surface area contributed by atoms with Crippen LogP contribution in [0, 0.1) is 0 Å². The van der Waals surface area contributed by atoms with E-state index in [-0.39, 0.29) is 31.4 Å². The SMILES string of the molecule is NC(N)=NCC(=O)[O-].NC(N)=NCC(=O)[O-].[Zn+2]. The number of carbonyl (C=O) groups is 2. The molecule has 10 nitrogen and oxygen atoms in total.